The summed E-state index contributed by atoms with van der Waals surface area (Å²) in [5.74, 6) is 1.03. The molecule has 4 N–H and O–H groups in total. The molecule has 4 atom stereocenters. The number of H-pyrrole nitrogens is 2. The second kappa shape index (κ2) is 17.7. The quantitative estimate of drug-likeness (QED) is 0.0994. The molecule has 0 spiro atoms. The number of ether oxygens (including phenoxy) is 2. The van der Waals surface area contributed by atoms with Gasteiger partial charge < -0.3 is 39.9 Å². The van der Waals surface area contributed by atoms with Gasteiger partial charge in [0.05, 0.1) is 54.1 Å². The first-order chi connectivity index (χ1) is 30.6. The zero-order valence-corrected chi connectivity index (χ0v) is 37.0. The molecule has 14 nitrogen and oxygen atoms in total. The number of amides is 4. The number of imidazole rings is 2. The molecular weight excluding hydrogens is 837 g/mol. The summed E-state index contributed by atoms with van der Waals surface area (Å²) in [6.07, 6.45) is 3.79. The van der Waals surface area contributed by atoms with E-state index in [-0.39, 0.29) is 29.8 Å². The Morgan fingerprint density at radius 2 is 1.33 bits per heavy atom. The molecule has 0 aliphatic carbocycles. The third kappa shape index (κ3) is 8.40. The molecule has 3 aromatic carbocycles. The molecule has 16 heteroatoms. The van der Waals surface area contributed by atoms with Crippen LogP contribution >= 0.6 is 22.7 Å². The van der Waals surface area contributed by atoms with E-state index in [9.17, 15) is 19.2 Å². The fourth-order valence-corrected chi connectivity index (χ4v) is 11.1. The summed E-state index contributed by atoms with van der Waals surface area (Å²) in [5, 5.41) is 5.44. The van der Waals surface area contributed by atoms with Crippen molar-refractivity contribution < 1.29 is 28.7 Å². The van der Waals surface area contributed by atoms with E-state index in [1.807, 2.05) is 61.3 Å². The molecule has 0 saturated carbocycles. The van der Waals surface area contributed by atoms with E-state index in [1.165, 1.54) is 28.5 Å². The number of aromatic amines is 2. The van der Waals surface area contributed by atoms with E-state index in [0.717, 1.165) is 75.6 Å². The van der Waals surface area contributed by atoms with Crippen LogP contribution in [0.3, 0.4) is 0 Å². The van der Waals surface area contributed by atoms with Crippen LogP contribution in [0.25, 0.3) is 52.6 Å². The number of alkyl carbamates (subject to hydrolysis) is 2. The number of likely N-dealkylation sites (tertiary alicyclic amines) is 2. The summed E-state index contributed by atoms with van der Waals surface area (Å²) in [7, 11) is 2.58. The molecule has 4 aromatic heterocycles. The second-order valence-corrected chi connectivity index (χ2v) is 18.4. The predicted molar refractivity (Wildman–Crippen MR) is 244 cm³/mol. The molecule has 9 rings (SSSR count). The van der Waals surface area contributed by atoms with Gasteiger partial charge in [0.1, 0.15) is 23.7 Å². The molecule has 324 valence electrons. The van der Waals surface area contributed by atoms with Crippen molar-refractivity contribution in [1.29, 1.82) is 0 Å². The highest BCUT2D eigenvalue weighted by Crippen LogP contribution is 2.43. The lowest BCUT2D eigenvalue weighted by atomic mass is 10.0. The van der Waals surface area contributed by atoms with Gasteiger partial charge in [-0.2, -0.15) is 0 Å². The third-order valence-electron chi connectivity index (χ3n) is 12.0. The van der Waals surface area contributed by atoms with Gasteiger partial charge in [-0.1, -0.05) is 74.5 Å². The van der Waals surface area contributed by atoms with Crippen molar-refractivity contribution in [2.75, 3.05) is 27.3 Å². The largest absolute Gasteiger partial charge is 0.453 e. The molecular formula is C47H48N8O6S2. The molecule has 1 unspecified atom stereocenters. The van der Waals surface area contributed by atoms with E-state index in [4.69, 9.17) is 19.4 Å². The first-order valence-electron chi connectivity index (χ1n) is 21.1. The van der Waals surface area contributed by atoms with Crippen LogP contribution in [0.15, 0.2) is 91.1 Å². The van der Waals surface area contributed by atoms with Gasteiger partial charge in [0.2, 0.25) is 5.91 Å². The molecule has 0 bridgehead atoms. The van der Waals surface area contributed by atoms with Gasteiger partial charge in [-0.05, 0) is 78.1 Å². The first kappa shape index (κ1) is 41.8. The lowest BCUT2D eigenvalue weighted by Gasteiger charge is -2.30. The standard InChI is InChI=1S/C47H48N8O6S2/c1-26(2)40(52-46(58)60-3)44(56)54-20-8-12-34(54)42-48-25-33(51-42)37-24-39-38(63-37)23-36(62-39)28-16-14-27(15-17-28)30-18-19-31-32(22-30)50-43(49-31)35-13-9-21-55(35)45(57)41(53-47(59)61-4)29-10-6-5-7-11-29/h5-7,10-11,14-19,22-26,34-35,40-41H,8-9,12-13,20-21H2,1-4H3,(H,48,51)(H,49,50)(H,52,58)(H,53,59)/t34-,35?,40-,41+/m0/s1. The summed E-state index contributed by atoms with van der Waals surface area (Å²) in [6, 6.07) is 26.4. The van der Waals surface area contributed by atoms with Gasteiger partial charge in [-0.3, -0.25) is 9.59 Å². The van der Waals surface area contributed by atoms with Gasteiger partial charge in [0.25, 0.3) is 5.91 Å². The van der Waals surface area contributed by atoms with E-state index in [1.54, 1.807) is 27.6 Å². The zero-order chi connectivity index (χ0) is 43.8. The van der Waals surface area contributed by atoms with Crippen LogP contribution in [0.1, 0.15) is 74.9 Å². The number of carbonyl (C=O) groups excluding carboxylic acids is 4. The van der Waals surface area contributed by atoms with E-state index >= 15 is 0 Å². The fraction of sp³-hybridized carbons (Fsp3) is 0.319. The third-order valence-corrected chi connectivity index (χ3v) is 14.4. The molecule has 2 fully saturated rings. The Hall–Kier alpha value is -6.52. The molecule has 6 heterocycles. The van der Waals surface area contributed by atoms with Crippen LogP contribution < -0.4 is 10.6 Å². The van der Waals surface area contributed by atoms with Crippen LogP contribution in [-0.2, 0) is 19.1 Å². The number of hydrogen-bond donors (Lipinski definition) is 4. The predicted octanol–water partition coefficient (Wildman–Crippen LogP) is 9.37. The van der Waals surface area contributed by atoms with Crippen LogP contribution in [0, 0.1) is 5.92 Å². The highest BCUT2D eigenvalue weighted by Gasteiger charge is 2.39. The van der Waals surface area contributed by atoms with Crippen molar-refractivity contribution in [3.05, 3.63) is 108 Å². The van der Waals surface area contributed by atoms with E-state index in [0.29, 0.717) is 18.7 Å². The smallest absolute Gasteiger partial charge is 0.407 e. The Kier molecular flexibility index (Phi) is 11.7. The minimum absolute atomic E-state index is 0.101. The highest BCUT2D eigenvalue weighted by atomic mass is 32.1. The summed E-state index contributed by atoms with van der Waals surface area (Å²) < 4.78 is 12.0. The maximum atomic E-state index is 14.0. The minimum atomic E-state index is -0.879. The number of aromatic nitrogens is 4. The van der Waals surface area contributed by atoms with Gasteiger partial charge >= 0.3 is 12.2 Å². The Bertz CT molecular complexity index is 2760. The van der Waals surface area contributed by atoms with Crippen molar-refractivity contribution in [1.82, 2.24) is 40.4 Å². The van der Waals surface area contributed by atoms with Crippen molar-refractivity contribution in [3.63, 3.8) is 0 Å². The number of thiophene rings is 2. The van der Waals surface area contributed by atoms with E-state index < -0.39 is 24.3 Å². The van der Waals surface area contributed by atoms with Crippen LogP contribution in [0.5, 0.6) is 0 Å². The Labute approximate surface area is 372 Å². The molecule has 2 saturated heterocycles. The first-order valence-corrected chi connectivity index (χ1v) is 22.8. The van der Waals surface area contributed by atoms with Crippen molar-refractivity contribution in [2.45, 2.75) is 63.7 Å². The number of benzene rings is 3. The zero-order valence-electron chi connectivity index (χ0n) is 35.3. The molecule has 2 aliphatic heterocycles. The lowest BCUT2D eigenvalue weighted by Crippen LogP contribution is -2.51. The summed E-state index contributed by atoms with van der Waals surface area (Å²) in [5.41, 5.74) is 6.55. The van der Waals surface area contributed by atoms with E-state index in [2.05, 4.69) is 69.1 Å². The minimum Gasteiger partial charge on any atom is -0.453 e. The Morgan fingerprint density at radius 1 is 0.714 bits per heavy atom. The number of rotatable bonds is 11. The maximum Gasteiger partial charge on any atom is 0.407 e. The number of methoxy groups -OCH3 is 2. The highest BCUT2D eigenvalue weighted by molar-refractivity contribution is 7.31. The Balaban J connectivity index is 0.877. The topological polar surface area (TPSA) is 175 Å². The normalized spacial score (nSPS) is 17.3. The summed E-state index contributed by atoms with van der Waals surface area (Å²) in [6.45, 7) is 4.98. The van der Waals surface area contributed by atoms with Crippen LogP contribution in [0.4, 0.5) is 9.59 Å². The van der Waals surface area contributed by atoms with Gasteiger partial charge in [0, 0.05) is 27.4 Å². The monoisotopic (exact) mass is 884 g/mol. The number of fused-ring (bicyclic) bond motifs is 2. The Morgan fingerprint density at radius 3 is 2.03 bits per heavy atom. The lowest BCUT2D eigenvalue weighted by molar-refractivity contribution is -0.135. The van der Waals surface area contributed by atoms with Gasteiger partial charge in [0.15, 0.2) is 0 Å². The molecule has 0 radical (unpaired) electrons. The second-order valence-electron chi connectivity index (χ2n) is 16.3. The average molecular weight is 885 g/mol. The number of hydrogen-bond acceptors (Lipinski definition) is 10. The molecule has 7 aromatic rings. The molecule has 4 amide bonds. The maximum absolute atomic E-state index is 14.0. The summed E-state index contributed by atoms with van der Waals surface area (Å²) in [4.78, 5) is 74.4. The van der Waals surface area contributed by atoms with Gasteiger partial charge in [-0.15, -0.1) is 22.7 Å². The SMILES string of the molecule is COC(=O)N[C@H](C(=O)N1CCC[C@H]1c1ncc(-c2cc3sc(-c4ccc(-c5ccc6[nH]c(C7CCCN7C(=O)[C@H](NC(=O)OC)c7ccccc7)nc6c5)cc4)cc3s2)[nH]1)C(C)C. The number of nitrogens with zero attached hydrogens (tertiary/aromatic N) is 4. The molecule has 63 heavy (non-hydrogen) atoms. The molecule has 2 aliphatic rings. The van der Waals surface area contributed by atoms with Gasteiger partial charge in [-0.25, -0.2) is 19.6 Å². The van der Waals surface area contributed by atoms with Crippen molar-refractivity contribution >= 4 is 67.1 Å². The fourth-order valence-electron chi connectivity index (χ4n) is 8.72. The number of nitrogens with one attached hydrogen (secondary N) is 4. The average Bonchev–Trinajstić information content (AvgIpc) is 4.16. The van der Waals surface area contributed by atoms with Crippen LogP contribution in [0.2, 0.25) is 0 Å². The van der Waals surface area contributed by atoms with Crippen molar-refractivity contribution in [3.8, 4) is 32.1 Å². The number of carbonyl (C=O) groups is 4. The summed E-state index contributed by atoms with van der Waals surface area (Å²) >= 11 is 3.46. The van der Waals surface area contributed by atoms with Crippen LogP contribution in [-0.4, -0.2) is 87.1 Å². The van der Waals surface area contributed by atoms with Crippen molar-refractivity contribution in [2.24, 2.45) is 5.92 Å².